The number of methoxy groups -OCH3 is 1. The number of phenolic OH excluding ortho intramolecular Hbond substituents is 1. The summed E-state index contributed by atoms with van der Waals surface area (Å²) < 4.78 is 18.3. The summed E-state index contributed by atoms with van der Waals surface area (Å²) in [4.78, 5) is 15.8. The van der Waals surface area contributed by atoms with Crippen molar-refractivity contribution in [1.82, 2.24) is 10.2 Å². The predicted octanol–water partition coefficient (Wildman–Crippen LogP) is 3.78. The molecule has 0 amide bonds. The van der Waals surface area contributed by atoms with E-state index in [2.05, 4.69) is 31.1 Å². The van der Waals surface area contributed by atoms with Crippen LogP contribution in [-0.2, 0) is 21.4 Å². The monoisotopic (exact) mass is 486 g/mol. The Morgan fingerprint density at radius 1 is 1.37 bits per heavy atom. The Bertz CT molecular complexity index is 1000. The minimum absolute atomic E-state index is 0.00873. The highest BCUT2D eigenvalue weighted by Gasteiger charge is 2.66. The molecule has 1 spiro atoms. The first-order valence-electron chi connectivity index (χ1n) is 13.3. The van der Waals surface area contributed by atoms with Crippen LogP contribution in [0.1, 0.15) is 71.4 Å². The van der Waals surface area contributed by atoms with Crippen LogP contribution in [0, 0.1) is 11.8 Å². The smallest absolute Gasteiger partial charge is 0.323 e. The molecule has 4 aliphatic rings. The number of hydrogen-bond acceptors (Lipinski definition) is 7. The molecule has 0 radical (unpaired) electrons. The number of nitrogens with one attached hydrogen (secondary N) is 1. The van der Waals surface area contributed by atoms with E-state index in [1.165, 1.54) is 5.56 Å². The highest BCUT2D eigenvalue weighted by atomic mass is 16.6. The lowest BCUT2D eigenvalue weighted by molar-refractivity contribution is -0.160. The first-order valence-corrected chi connectivity index (χ1v) is 13.3. The van der Waals surface area contributed by atoms with Crippen molar-refractivity contribution in [3.05, 3.63) is 17.2 Å². The fourth-order valence-electron chi connectivity index (χ4n) is 7.44. The summed E-state index contributed by atoms with van der Waals surface area (Å²) >= 11 is 0. The zero-order valence-corrected chi connectivity index (χ0v) is 22.3. The number of likely N-dealkylation sites (N-methyl/N-ethyl adjacent to an activating group) is 1. The second-order valence-electron chi connectivity index (χ2n) is 12.2. The molecule has 0 aromatic heterocycles. The topological polar surface area (TPSA) is 80.3 Å². The van der Waals surface area contributed by atoms with Crippen LogP contribution in [0.4, 0.5) is 0 Å². The molecule has 1 saturated heterocycles. The molecule has 7 nitrogen and oxygen atoms in total. The van der Waals surface area contributed by atoms with Gasteiger partial charge in [0.1, 0.15) is 23.5 Å². The highest BCUT2D eigenvalue weighted by molar-refractivity contribution is 5.76. The second-order valence-corrected chi connectivity index (χ2v) is 12.2. The van der Waals surface area contributed by atoms with E-state index < -0.39 is 11.6 Å². The van der Waals surface area contributed by atoms with E-state index in [1.54, 1.807) is 13.2 Å². The molecule has 0 unspecified atom stereocenters. The van der Waals surface area contributed by atoms with Gasteiger partial charge in [0.05, 0.1) is 7.11 Å². The highest BCUT2D eigenvalue weighted by Crippen LogP contribution is 2.65. The number of ether oxygens (including phenoxy) is 3. The van der Waals surface area contributed by atoms with Crippen molar-refractivity contribution in [1.29, 1.82) is 0 Å². The van der Waals surface area contributed by atoms with Crippen molar-refractivity contribution in [2.45, 2.75) is 102 Å². The number of likely N-dealkylation sites (tertiary alicyclic amines) is 1. The Morgan fingerprint density at radius 3 is 2.77 bits per heavy atom. The van der Waals surface area contributed by atoms with E-state index in [-0.39, 0.29) is 35.2 Å². The van der Waals surface area contributed by atoms with Crippen molar-refractivity contribution >= 4 is 5.97 Å². The molecular weight excluding hydrogens is 444 g/mol. The number of hydrogen-bond donors (Lipinski definition) is 2. The van der Waals surface area contributed by atoms with E-state index in [4.69, 9.17) is 14.2 Å². The van der Waals surface area contributed by atoms with Crippen LogP contribution >= 0.6 is 0 Å². The molecule has 2 heterocycles. The van der Waals surface area contributed by atoms with Gasteiger partial charge in [0.15, 0.2) is 11.5 Å². The first-order chi connectivity index (χ1) is 16.5. The Hall–Kier alpha value is -1.99. The van der Waals surface area contributed by atoms with Gasteiger partial charge in [0.2, 0.25) is 0 Å². The van der Waals surface area contributed by atoms with Crippen LogP contribution < -0.4 is 14.8 Å². The number of carbonyl (C=O) groups is 1. The number of phenols is 1. The maximum Gasteiger partial charge on any atom is 0.323 e. The zero-order chi connectivity index (χ0) is 25.3. The maximum absolute atomic E-state index is 13.3. The SMILES string of the molecule is CC[C@H](C)[C@H](N[C@@H]1CC[C@H]2[C@H]3Cc4c(OC)cc(O)c5c4[C@@]2(CCN3C)[C@H]1O5)C(=O)OC(C)(C)C. The third-order valence-corrected chi connectivity index (χ3v) is 9.17. The van der Waals surface area contributed by atoms with Crippen LogP contribution in [0.2, 0.25) is 0 Å². The third-order valence-electron chi connectivity index (χ3n) is 9.17. The molecule has 7 heteroatoms. The predicted molar refractivity (Wildman–Crippen MR) is 134 cm³/mol. The fraction of sp³-hybridized carbons (Fsp3) is 0.750. The third kappa shape index (κ3) is 3.72. The zero-order valence-electron chi connectivity index (χ0n) is 22.3. The van der Waals surface area contributed by atoms with E-state index in [0.29, 0.717) is 17.7 Å². The van der Waals surface area contributed by atoms with Crippen molar-refractivity contribution < 1.29 is 24.1 Å². The van der Waals surface area contributed by atoms with Crippen molar-refractivity contribution in [2.75, 3.05) is 20.7 Å². The molecule has 1 aromatic rings. The molecule has 194 valence electrons. The van der Waals surface area contributed by atoms with Gasteiger partial charge in [-0.2, -0.15) is 0 Å². The minimum Gasteiger partial charge on any atom is -0.504 e. The van der Waals surface area contributed by atoms with E-state index in [0.717, 1.165) is 50.0 Å². The first kappa shape index (κ1) is 24.7. The number of esters is 1. The van der Waals surface area contributed by atoms with Crippen LogP contribution in [-0.4, -0.2) is 66.5 Å². The van der Waals surface area contributed by atoms with Gasteiger partial charge in [-0.25, -0.2) is 0 Å². The summed E-state index contributed by atoms with van der Waals surface area (Å²) in [6, 6.07) is 1.72. The number of carbonyl (C=O) groups excluding carboxylic acids is 1. The van der Waals surface area contributed by atoms with Gasteiger partial charge in [-0.05, 0) is 71.9 Å². The number of nitrogens with zero attached hydrogens (tertiary/aromatic N) is 1. The van der Waals surface area contributed by atoms with Gasteiger partial charge in [-0.15, -0.1) is 0 Å². The second kappa shape index (κ2) is 8.55. The molecule has 2 aliphatic carbocycles. The molecule has 7 atom stereocenters. The number of aromatic hydroxyl groups is 1. The number of rotatable bonds is 6. The summed E-state index contributed by atoms with van der Waals surface area (Å²) in [5.74, 6) is 1.93. The fourth-order valence-corrected chi connectivity index (χ4v) is 7.44. The maximum atomic E-state index is 13.3. The lowest BCUT2D eigenvalue weighted by Crippen LogP contribution is -2.69. The molecule has 2 aliphatic heterocycles. The van der Waals surface area contributed by atoms with Crippen LogP contribution in [0.5, 0.6) is 17.2 Å². The summed E-state index contributed by atoms with van der Waals surface area (Å²) in [6.07, 6.45) is 4.61. The largest absolute Gasteiger partial charge is 0.504 e. The lowest BCUT2D eigenvalue weighted by atomic mass is 9.51. The lowest BCUT2D eigenvalue weighted by Gasteiger charge is -2.59. The molecule has 2 N–H and O–H groups in total. The van der Waals surface area contributed by atoms with Gasteiger partial charge >= 0.3 is 5.97 Å². The van der Waals surface area contributed by atoms with E-state index in [9.17, 15) is 9.90 Å². The van der Waals surface area contributed by atoms with Crippen LogP contribution in [0.15, 0.2) is 6.07 Å². The van der Waals surface area contributed by atoms with Crippen LogP contribution in [0.3, 0.4) is 0 Å². The van der Waals surface area contributed by atoms with Gasteiger partial charge in [0.25, 0.3) is 0 Å². The quantitative estimate of drug-likeness (QED) is 0.592. The van der Waals surface area contributed by atoms with Gasteiger partial charge < -0.3 is 24.2 Å². The van der Waals surface area contributed by atoms with E-state index in [1.807, 2.05) is 20.8 Å². The molecule has 1 aromatic carbocycles. The summed E-state index contributed by atoms with van der Waals surface area (Å²) in [5, 5.41) is 14.7. The average molecular weight is 487 g/mol. The molecule has 1 saturated carbocycles. The van der Waals surface area contributed by atoms with Gasteiger partial charge in [-0.1, -0.05) is 20.3 Å². The molecule has 35 heavy (non-hydrogen) atoms. The van der Waals surface area contributed by atoms with Crippen molar-refractivity contribution in [2.24, 2.45) is 11.8 Å². The standard InChI is InChI=1S/C28H42N2O5/c1-8-15(2)23(26(32)35-27(3,4)5)29-18-10-9-17-19-13-16-21(33-7)14-20(31)24-22(16)28(17,25(18)34-24)11-12-30(19)6/h14-15,17-19,23,25,29,31H,8-13H2,1-7H3/t15-,17-,18+,19+,23-,25-,28-/m0/s1. The molecule has 5 rings (SSSR count). The number of piperidine rings is 1. The molecule has 2 bridgehead atoms. The van der Waals surface area contributed by atoms with Crippen molar-refractivity contribution in [3.8, 4) is 17.2 Å². The van der Waals surface area contributed by atoms with Gasteiger partial charge in [0, 0.05) is 34.7 Å². The average Bonchev–Trinajstić information content (AvgIpc) is 3.15. The van der Waals surface area contributed by atoms with E-state index >= 15 is 0 Å². The Kier molecular flexibility index (Phi) is 6.03. The Balaban J connectivity index is 1.55. The summed E-state index contributed by atoms with van der Waals surface area (Å²) in [6.45, 7) is 11.0. The molecule has 2 fully saturated rings. The normalized spacial score (nSPS) is 32.9. The van der Waals surface area contributed by atoms with Crippen LogP contribution in [0.25, 0.3) is 0 Å². The summed E-state index contributed by atoms with van der Waals surface area (Å²) in [7, 11) is 3.91. The Morgan fingerprint density at radius 2 is 2.11 bits per heavy atom. The minimum atomic E-state index is -0.539. The molecular formula is C28H42N2O5. The Labute approximate surface area is 209 Å². The van der Waals surface area contributed by atoms with Crippen molar-refractivity contribution in [3.63, 3.8) is 0 Å². The van der Waals surface area contributed by atoms with Gasteiger partial charge in [-0.3, -0.25) is 10.1 Å². The summed E-state index contributed by atoms with van der Waals surface area (Å²) in [5.41, 5.74) is 1.62. The number of benzene rings is 1.